The first kappa shape index (κ1) is 26.1. The maximum Gasteiger partial charge on any atom is 0.376 e. The van der Waals surface area contributed by atoms with Crippen molar-refractivity contribution < 1.29 is 14.3 Å². The van der Waals surface area contributed by atoms with E-state index in [1.54, 1.807) is 38.3 Å². The molecule has 4 heterocycles. The maximum absolute atomic E-state index is 14.4. The van der Waals surface area contributed by atoms with Gasteiger partial charge in [-0.05, 0) is 55.8 Å². The number of rotatable bonds is 6. The number of para-hydroxylation sites is 1. The van der Waals surface area contributed by atoms with Crippen LogP contribution in [-0.2, 0) is 4.74 Å². The summed E-state index contributed by atoms with van der Waals surface area (Å²) in [6.45, 7) is 3.82. The van der Waals surface area contributed by atoms with Gasteiger partial charge in [0.2, 0.25) is 11.6 Å². The number of nitrogens with one attached hydrogen (secondary N) is 1. The molecule has 10 heteroatoms. The zero-order valence-electron chi connectivity index (χ0n) is 23.7. The molecule has 7 rings (SSSR count). The number of nitrogens with zero attached hydrogens (tertiary/aromatic N) is 5. The number of benzene rings is 3. The van der Waals surface area contributed by atoms with Gasteiger partial charge in [-0.15, -0.1) is 5.10 Å². The van der Waals surface area contributed by atoms with Crippen molar-refractivity contribution in [3.05, 3.63) is 107 Å². The maximum atomic E-state index is 14.4. The highest BCUT2D eigenvalue weighted by molar-refractivity contribution is 6.00. The number of esters is 1. The van der Waals surface area contributed by atoms with E-state index >= 15 is 0 Å². The molecule has 212 valence electrons. The van der Waals surface area contributed by atoms with Gasteiger partial charge in [-0.3, -0.25) is 4.79 Å². The Morgan fingerprint density at radius 3 is 2.47 bits per heavy atom. The number of carbonyl (C=O) groups is 1. The summed E-state index contributed by atoms with van der Waals surface area (Å²) in [5.41, 5.74) is 5.37. The van der Waals surface area contributed by atoms with E-state index in [0.29, 0.717) is 22.7 Å². The minimum atomic E-state index is -0.733. The monoisotopic (exact) mass is 570 g/mol. The van der Waals surface area contributed by atoms with E-state index in [4.69, 9.17) is 19.4 Å². The molecule has 1 N–H and O–H groups in total. The summed E-state index contributed by atoms with van der Waals surface area (Å²) in [5, 5.41) is 5.78. The Morgan fingerprint density at radius 1 is 0.953 bits per heavy atom. The zero-order chi connectivity index (χ0) is 29.7. The van der Waals surface area contributed by atoms with Gasteiger partial charge in [0.25, 0.3) is 5.56 Å². The van der Waals surface area contributed by atoms with Crippen LogP contribution in [0.5, 0.6) is 5.75 Å². The van der Waals surface area contributed by atoms with Crippen LogP contribution in [0.25, 0.3) is 55.8 Å². The quantitative estimate of drug-likeness (QED) is 0.254. The number of H-pyrrole nitrogens is 1. The van der Waals surface area contributed by atoms with Crippen molar-refractivity contribution in [3.8, 4) is 33.8 Å². The molecule has 0 fully saturated rings. The molecule has 0 aliphatic rings. The zero-order valence-corrected chi connectivity index (χ0v) is 23.7. The number of fused-ring (bicyclic) bond motifs is 3. The number of carbonyl (C=O) groups excluding carboxylic acids is 1. The molecule has 7 aromatic rings. The predicted molar refractivity (Wildman–Crippen MR) is 164 cm³/mol. The summed E-state index contributed by atoms with van der Waals surface area (Å²) in [5.74, 6) is -0.135. The fraction of sp³-hybridized carbons (Fsp3) is 0.121. The lowest BCUT2D eigenvalue weighted by Crippen LogP contribution is -2.21. The van der Waals surface area contributed by atoms with Gasteiger partial charge in [0.05, 0.1) is 30.5 Å². The van der Waals surface area contributed by atoms with Crippen molar-refractivity contribution >= 4 is 33.7 Å². The van der Waals surface area contributed by atoms with Gasteiger partial charge in [-0.2, -0.15) is 9.67 Å². The lowest BCUT2D eigenvalue weighted by atomic mass is 9.99. The van der Waals surface area contributed by atoms with Gasteiger partial charge in [0, 0.05) is 28.2 Å². The van der Waals surface area contributed by atoms with Crippen LogP contribution in [0.3, 0.4) is 0 Å². The molecule has 0 aliphatic carbocycles. The van der Waals surface area contributed by atoms with Crippen LogP contribution in [0.1, 0.15) is 23.1 Å². The summed E-state index contributed by atoms with van der Waals surface area (Å²) in [4.78, 5) is 40.6. The number of aromatic nitrogens is 6. The molecular weight excluding hydrogens is 544 g/mol. The first-order chi connectivity index (χ1) is 21.0. The van der Waals surface area contributed by atoms with E-state index in [2.05, 4.69) is 10.1 Å². The summed E-state index contributed by atoms with van der Waals surface area (Å²) >= 11 is 0. The highest BCUT2D eigenvalue weighted by Gasteiger charge is 2.26. The van der Waals surface area contributed by atoms with E-state index in [-0.39, 0.29) is 29.2 Å². The van der Waals surface area contributed by atoms with Gasteiger partial charge in [0.1, 0.15) is 5.75 Å². The summed E-state index contributed by atoms with van der Waals surface area (Å²) in [7, 11) is 1.58. The van der Waals surface area contributed by atoms with E-state index < -0.39 is 11.5 Å². The van der Waals surface area contributed by atoms with Crippen LogP contribution in [0.15, 0.2) is 89.9 Å². The van der Waals surface area contributed by atoms with Gasteiger partial charge < -0.3 is 14.5 Å². The Hall–Kier alpha value is -5.77. The number of methoxy groups -OCH3 is 1. The van der Waals surface area contributed by atoms with Gasteiger partial charge in [-0.1, -0.05) is 48.0 Å². The molecule has 10 nitrogen and oxygen atoms in total. The molecular formula is C33H26N6O4. The number of aromatic amines is 1. The first-order valence-electron chi connectivity index (χ1n) is 13.8. The predicted octanol–water partition coefficient (Wildman–Crippen LogP) is 5.74. The summed E-state index contributed by atoms with van der Waals surface area (Å²) in [6, 6.07) is 24.8. The second-order valence-corrected chi connectivity index (χ2v) is 10.1. The van der Waals surface area contributed by atoms with Crippen molar-refractivity contribution in [2.45, 2.75) is 13.8 Å². The second kappa shape index (κ2) is 10.3. The number of hydrogen-bond donors (Lipinski definition) is 1. The molecule has 0 saturated heterocycles. The minimum Gasteiger partial charge on any atom is -0.497 e. The van der Waals surface area contributed by atoms with Crippen LogP contribution in [0.4, 0.5) is 0 Å². The average molecular weight is 571 g/mol. The minimum absolute atomic E-state index is 0.121. The highest BCUT2D eigenvalue weighted by Crippen LogP contribution is 2.34. The molecule has 0 aliphatic heterocycles. The fourth-order valence-corrected chi connectivity index (χ4v) is 5.29. The summed E-state index contributed by atoms with van der Waals surface area (Å²) < 4.78 is 13.2. The Morgan fingerprint density at radius 2 is 1.72 bits per heavy atom. The SMILES string of the molecule is CCOC(=O)c1nn(-c2ccc(OC)cc2)c2nc3nc(-c4c[nH]c5ccccc45)cc(-c4ccc(C)cc4)c3c(=O)n12. The van der Waals surface area contributed by atoms with Gasteiger partial charge in [0.15, 0.2) is 5.65 Å². The average Bonchev–Trinajstić information content (AvgIpc) is 3.64. The van der Waals surface area contributed by atoms with E-state index in [9.17, 15) is 9.59 Å². The van der Waals surface area contributed by atoms with Crippen molar-refractivity contribution in [2.75, 3.05) is 13.7 Å². The van der Waals surface area contributed by atoms with E-state index in [1.165, 1.54) is 9.08 Å². The Balaban J connectivity index is 1.59. The molecule has 43 heavy (non-hydrogen) atoms. The van der Waals surface area contributed by atoms with Crippen LogP contribution in [-0.4, -0.2) is 48.8 Å². The molecule has 0 radical (unpaired) electrons. The van der Waals surface area contributed by atoms with Crippen LogP contribution in [0.2, 0.25) is 0 Å². The molecule has 0 spiro atoms. The Labute approximate surface area is 245 Å². The standard InChI is InChI=1S/C33H26N6O4/c1-4-43-32(41)30-37-39(21-13-15-22(42-3)16-14-21)33-36-29-28(31(40)38(30)33)24(20-11-9-19(2)10-12-20)17-27(35-29)25-18-34-26-8-6-5-7-23(25)26/h5-18,34H,4H2,1-3H3. The molecule has 0 bridgehead atoms. The lowest BCUT2D eigenvalue weighted by Gasteiger charge is -2.11. The smallest absolute Gasteiger partial charge is 0.376 e. The van der Waals surface area contributed by atoms with Crippen LogP contribution in [0, 0.1) is 6.92 Å². The third-order valence-electron chi connectivity index (χ3n) is 7.42. The first-order valence-corrected chi connectivity index (χ1v) is 13.8. The van der Waals surface area contributed by atoms with Crippen molar-refractivity contribution in [3.63, 3.8) is 0 Å². The summed E-state index contributed by atoms with van der Waals surface area (Å²) in [6.07, 6.45) is 1.91. The number of aryl methyl sites for hydroxylation is 1. The number of hydrogen-bond acceptors (Lipinski definition) is 7. The largest absolute Gasteiger partial charge is 0.497 e. The van der Waals surface area contributed by atoms with Crippen molar-refractivity contribution in [2.24, 2.45) is 0 Å². The van der Waals surface area contributed by atoms with E-state index in [1.807, 2.05) is 67.7 Å². The Bertz CT molecular complexity index is 2230. The van der Waals surface area contributed by atoms with Crippen LogP contribution >= 0.6 is 0 Å². The molecule has 4 aromatic heterocycles. The number of ether oxygens (including phenoxy) is 2. The lowest BCUT2D eigenvalue weighted by molar-refractivity contribution is 0.0509. The molecule has 0 unspecified atom stereocenters. The van der Waals surface area contributed by atoms with E-state index in [0.717, 1.165) is 27.6 Å². The number of pyridine rings is 1. The molecule has 0 saturated carbocycles. The topological polar surface area (TPSA) is 116 Å². The van der Waals surface area contributed by atoms with Crippen molar-refractivity contribution in [1.29, 1.82) is 0 Å². The third-order valence-corrected chi connectivity index (χ3v) is 7.42. The molecule has 3 aromatic carbocycles. The van der Waals surface area contributed by atoms with Gasteiger partial charge in [-0.25, -0.2) is 14.2 Å². The van der Waals surface area contributed by atoms with Crippen LogP contribution < -0.4 is 10.3 Å². The normalized spacial score (nSPS) is 11.4. The van der Waals surface area contributed by atoms with Crippen molar-refractivity contribution in [1.82, 2.24) is 29.1 Å². The molecule has 0 amide bonds. The Kier molecular flexibility index (Phi) is 6.23. The second-order valence-electron chi connectivity index (χ2n) is 10.1. The highest BCUT2D eigenvalue weighted by atomic mass is 16.5. The molecule has 0 atom stereocenters. The third kappa shape index (κ3) is 4.31. The fourth-order valence-electron chi connectivity index (χ4n) is 5.29. The van der Waals surface area contributed by atoms with Gasteiger partial charge >= 0.3 is 5.97 Å².